The lowest BCUT2D eigenvalue weighted by atomic mass is 10.2. The molecule has 0 amide bonds. The Morgan fingerprint density at radius 3 is 0.864 bits per heavy atom. The topological polar surface area (TPSA) is 80.8 Å². The van der Waals surface area contributed by atoms with Gasteiger partial charge in [-0.05, 0) is 36.4 Å². The second kappa shape index (κ2) is 5.69. The molecule has 0 fully saturated rings. The quantitative estimate of drug-likeness (QED) is 0.500. The van der Waals surface area contributed by atoms with Gasteiger partial charge in [0, 0.05) is 53.5 Å². The van der Waals surface area contributed by atoms with E-state index in [-0.39, 0.29) is 0 Å². The Labute approximate surface area is 129 Å². The van der Waals surface area contributed by atoms with Crippen molar-refractivity contribution in [1.29, 1.82) is 0 Å². The van der Waals surface area contributed by atoms with Crippen molar-refractivity contribution in [3.05, 3.63) is 72.8 Å². The van der Waals surface area contributed by atoms with Crippen molar-refractivity contribution in [1.82, 2.24) is 0 Å². The molecule has 0 aromatic heterocycles. The number of rotatable bonds is 3. The molecule has 0 aliphatic carbocycles. The summed E-state index contributed by atoms with van der Waals surface area (Å²) in [4.78, 5) is 0. The Morgan fingerprint density at radius 2 is 0.636 bits per heavy atom. The molecule has 0 heterocycles. The summed E-state index contributed by atoms with van der Waals surface area (Å²) in [5, 5.41) is 0. The van der Waals surface area contributed by atoms with E-state index in [0.717, 1.165) is 34.3 Å². The molecule has 0 radical (unpaired) electrons. The Morgan fingerprint density at radius 1 is 0.409 bits per heavy atom. The van der Waals surface area contributed by atoms with E-state index in [9.17, 15) is 0 Å². The van der Waals surface area contributed by atoms with Crippen molar-refractivity contribution < 1.29 is 4.37 Å². The van der Waals surface area contributed by atoms with E-state index < -0.39 is 0 Å². The maximum absolute atomic E-state index is 5.78. The molecular weight excluding hydrogens is 274 g/mol. The fourth-order valence-electron chi connectivity index (χ4n) is 2.22. The van der Waals surface area contributed by atoms with Gasteiger partial charge in [0.05, 0.1) is 0 Å². The second-order valence-corrected chi connectivity index (χ2v) is 5.01. The zero-order chi connectivity index (χ0) is 15.5. The van der Waals surface area contributed by atoms with E-state index in [2.05, 4.69) is 4.37 Å². The van der Waals surface area contributed by atoms with Crippen LogP contribution in [0.25, 0.3) is 0 Å². The van der Waals surface area contributed by atoms with Crippen molar-refractivity contribution in [3.8, 4) is 17.2 Å². The van der Waals surface area contributed by atoms with Crippen LogP contribution in [0.15, 0.2) is 72.8 Å². The van der Waals surface area contributed by atoms with Crippen molar-refractivity contribution in [2.24, 2.45) is 0 Å². The van der Waals surface area contributed by atoms with Gasteiger partial charge in [-0.2, -0.15) is 0 Å². The predicted octanol–water partition coefficient (Wildman–Crippen LogP) is 4.17. The molecule has 0 aliphatic rings. The zero-order valence-corrected chi connectivity index (χ0v) is 12.1. The summed E-state index contributed by atoms with van der Waals surface area (Å²) in [5.41, 5.74) is 19.5. The average molecular weight is 292 g/mol. The van der Waals surface area contributed by atoms with Crippen molar-refractivity contribution in [3.63, 3.8) is 0 Å². The second-order valence-electron chi connectivity index (χ2n) is 5.01. The third-order valence-corrected chi connectivity index (χ3v) is 3.35. The molecule has 0 unspecified atom stereocenters. The lowest BCUT2D eigenvalue weighted by molar-refractivity contribution is 0.233. The standard InChI is InChI=1S/C18H18N3O/c19-13-1-7-16(8-2-13)22(17-9-3-14(20)4-10-17)18-11-5-15(21)6-12-18/h1-12H,19-21H2/q+1. The number of hydrogen-bond acceptors (Lipinski definition) is 3. The van der Waals surface area contributed by atoms with Crippen LogP contribution in [-0.2, 0) is 0 Å². The Kier molecular flexibility index (Phi) is 3.58. The predicted molar refractivity (Wildman–Crippen MR) is 92.1 cm³/mol. The molecule has 0 spiro atoms. The maximum atomic E-state index is 5.78. The number of hydrogen-bond donors (Lipinski definition) is 3. The highest BCUT2D eigenvalue weighted by molar-refractivity contribution is 5.52. The van der Waals surface area contributed by atoms with Gasteiger partial charge in [-0.1, -0.05) is 0 Å². The van der Waals surface area contributed by atoms with Gasteiger partial charge in [0.15, 0.2) is 0 Å². The van der Waals surface area contributed by atoms with Crippen LogP contribution in [0, 0.1) is 0 Å². The van der Waals surface area contributed by atoms with E-state index in [1.54, 1.807) is 0 Å². The molecular formula is C18H18N3O+. The van der Waals surface area contributed by atoms with Crippen LogP contribution < -0.4 is 21.6 Å². The Hall–Kier alpha value is -3.14. The first-order valence-electron chi connectivity index (χ1n) is 6.94. The van der Waals surface area contributed by atoms with Crippen molar-refractivity contribution in [2.45, 2.75) is 0 Å². The number of nitrogens with two attached hydrogens (primary N) is 3. The van der Waals surface area contributed by atoms with Gasteiger partial charge in [-0.3, -0.25) is 0 Å². The number of nitrogen functional groups attached to an aromatic ring is 3. The average Bonchev–Trinajstić information content (AvgIpc) is 2.53. The SMILES string of the molecule is Nc1ccc([O+](c2ccc(N)cc2)c2ccc(N)cc2)cc1. The lowest BCUT2D eigenvalue weighted by Crippen LogP contribution is -2.06. The van der Waals surface area contributed by atoms with Gasteiger partial charge >= 0.3 is 0 Å². The van der Waals surface area contributed by atoms with E-state index >= 15 is 0 Å². The fraction of sp³-hybridized carbons (Fsp3) is 0. The number of benzene rings is 3. The molecule has 0 aliphatic heterocycles. The largest absolute Gasteiger partial charge is 0.499 e. The Bertz CT molecular complexity index is 642. The summed E-state index contributed by atoms with van der Waals surface area (Å²) in [5.74, 6) is 2.80. The van der Waals surface area contributed by atoms with E-state index in [4.69, 9.17) is 17.2 Å². The van der Waals surface area contributed by atoms with Gasteiger partial charge < -0.3 is 21.6 Å². The molecule has 6 N–H and O–H groups in total. The molecule has 3 aromatic rings. The summed E-state index contributed by atoms with van der Waals surface area (Å²) in [7, 11) is 0. The molecule has 3 rings (SSSR count). The van der Waals surface area contributed by atoms with Crippen LogP contribution >= 0.6 is 0 Å². The van der Waals surface area contributed by atoms with Crippen LogP contribution in [0.5, 0.6) is 17.2 Å². The molecule has 4 nitrogen and oxygen atoms in total. The third-order valence-electron chi connectivity index (χ3n) is 3.35. The van der Waals surface area contributed by atoms with Gasteiger partial charge in [0.1, 0.15) is 0 Å². The molecule has 22 heavy (non-hydrogen) atoms. The van der Waals surface area contributed by atoms with Gasteiger partial charge in [-0.15, -0.1) is 0 Å². The molecule has 0 bridgehead atoms. The molecule has 0 atom stereocenters. The highest BCUT2D eigenvalue weighted by Gasteiger charge is 2.19. The summed E-state index contributed by atoms with van der Waals surface area (Å²) in [6, 6.07) is 22.9. The van der Waals surface area contributed by atoms with Crippen LogP contribution in [0.2, 0.25) is 0 Å². The minimum atomic E-state index is 0.721. The zero-order valence-electron chi connectivity index (χ0n) is 12.1. The van der Waals surface area contributed by atoms with Crippen molar-refractivity contribution in [2.75, 3.05) is 17.2 Å². The highest BCUT2D eigenvalue weighted by atomic mass is 16.7. The lowest BCUT2D eigenvalue weighted by Gasteiger charge is -2.22. The Balaban J connectivity index is 2.10. The monoisotopic (exact) mass is 292 g/mol. The van der Waals surface area contributed by atoms with E-state index in [0.29, 0.717) is 0 Å². The summed E-state index contributed by atoms with van der Waals surface area (Å²) < 4.78 is 3.12. The van der Waals surface area contributed by atoms with Crippen LogP contribution in [-0.4, -0.2) is 0 Å². The molecule has 0 saturated carbocycles. The number of anilines is 3. The van der Waals surface area contributed by atoms with E-state index in [1.807, 2.05) is 72.8 Å². The fourth-order valence-corrected chi connectivity index (χ4v) is 2.22. The first-order valence-corrected chi connectivity index (χ1v) is 6.94. The van der Waals surface area contributed by atoms with Gasteiger partial charge in [0.2, 0.25) is 0 Å². The molecule has 0 saturated heterocycles. The summed E-state index contributed by atoms with van der Waals surface area (Å²) in [6.45, 7) is 0. The third kappa shape index (κ3) is 2.81. The van der Waals surface area contributed by atoms with Gasteiger partial charge in [-0.25, -0.2) is 0 Å². The summed E-state index contributed by atoms with van der Waals surface area (Å²) >= 11 is 0. The smallest absolute Gasteiger partial charge is 0.267 e. The van der Waals surface area contributed by atoms with Crippen LogP contribution in [0.4, 0.5) is 17.1 Å². The first kappa shape index (κ1) is 13.8. The molecule has 3 aromatic carbocycles. The van der Waals surface area contributed by atoms with Gasteiger partial charge in [0.25, 0.3) is 17.2 Å². The van der Waals surface area contributed by atoms with Crippen LogP contribution in [0.3, 0.4) is 0 Å². The minimum Gasteiger partial charge on any atom is -0.499 e. The van der Waals surface area contributed by atoms with E-state index in [1.165, 1.54) is 0 Å². The maximum Gasteiger partial charge on any atom is 0.267 e. The highest BCUT2D eigenvalue weighted by Crippen LogP contribution is 2.39. The normalized spacial score (nSPS) is 10.4. The summed E-state index contributed by atoms with van der Waals surface area (Å²) in [6.07, 6.45) is 0. The minimum absolute atomic E-state index is 0.721. The van der Waals surface area contributed by atoms with Crippen LogP contribution in [0.1, 0.15) is 0 Å². The first-order chi connectivity index (χ1) is 10.6. The molecule has 110 valence electrons. The molecule has 4 heteroatoms. The van der Waals surface area contributed by atoms with Crippen molar-refractivity contribution >= 4 is 17.1 Å².